The summed E-state index contributed by atoms with van der Waals surface area (Å²) in [7, 11) is 1.82. The Morgan fingerprint density at radius 3 is 2.88 bits per heavy atom. The van der Waals surface area contributed by atoms with Crippen molar-refractivity contribution in [3.05, 3.63) is 35.9 Å². The summed E-state index contributed by atoms with van der Waals surface area (Å²) in [5.74, 6) is 1.50. The second-order valence-corrected chi connectivity index (χ2v) is 6.21. The lowest BCUT2D eigenvalue weighted by molar-refractivity contribution is 0.0420. The zero-order chi connectivity index (χ0) is 15.9. The molecule has 1 aliphatic carbocycles. The van der Waals surface area contributed by atoms with E-state index in [4.69, 9.17) is 9.47 Å². The van der Waals surface area contributed by atoms with Gasteiger partial charge in [-0.05, 0) is 24.8 Å². The maximum atomic E-state index is 5.76. The van der Waals surface area contributed by atoms with E-state index < -0.39 is 0 Å². The van der Waals surface area contributed by atoms with Gasteiger partial charge in [0.1, 0.15) is 0 Å². The number of rotatable bonds is 7. The number of aliphatic imine (C=N–C) groups is 1. The van der Waals surface area contributed by atoms with E-state index in [-0.39, 0.29) is 24.0 Å². The Labute approximate surface area is 161 Å². The fourth-order valence-electron chi connectivity index (χ4n) is 2.97. The second kappa shape index (κ2) is 10.2. The van der Waals surface area contributed by atoms with Crippen LogP contribution in [0.3, 0.4) is 0 Å². The summed E-state index contributed by atoms with van der Waals surface area (Å²) in [6.45, 7) is 3.23. The molecule has 0 aromatic heterocycles. The predicted octanol–water partition coefficient (Wildman–Crippen LogP) is 2.52. The Bertz CT molecular complexity index is 506. The highest BCUT2D eigenvalue weighted by Crippen LogP contribution is 2.40. The molecule has 2 aliphatic rings. The molecule has 0 bridgehead atoms. The smallest absolute Gasteiger partial charge is 0.191 e. The van der Waals surface area contributed by atoms with E-state index in [9.17, 15) is 0 Å². The van der Waals surface area contributed by atoms with E-state index in [1.165, 1.54) is 12.0 Å². The number of ether oxygens (including phenoxy) is 2. The molecule has 134 valence electrons. The monoisotopic (exact) mass is 445 g/mol. The molecular formula is C18H28IN3O2. The first-order chi connectivity index (χ1) is 11.4. The Morgan fingerprint density at radius 1 is 1.33 bits per heavy atom. The number of benzene rings is 1. The van der Waals surface area contributed by atoms with Crippen molar-refractivity contribution in [1.82, 2.24) is 10.6 Å². The maximum absolute atomic E-state index is 5.76. The Morgan fingerprint density at radius 2 is 2.17 bits per heavy atom. The third-order valence-corrected chi connectivity index (χ3v) is 4.42. The lowest BCUT2D eigenvalue weighted by Gasteiger charge is -2.13. The molecule has 1 aromatic carbocycles. The largest absolute Gasteiger partial charge is 0.379 e. The van der Waals surface area contributed by atoms with Gasteiger partial charge in [-0.3, -0.25) is 4.99 Å². The van der Waals surface area contributed by atoms with Crippen LogP contribution in [0.5, 0.6) is 0 Å². The van der Waals surface area contributed by atoms with Crippen LogP contribution >= 0.6 is 24.0 Å². The molecule has 0 spiro atoms. The molecule has 2 fully saturated rings. The molecular weight excluding hydrogens is 417 g/mol. The Hall–Kier alpha value is -0.860. The van der Waals surface area contributed by atoms with Crippen LogP contribution in [-0.2, 0) is 9.47 Å². The van der Waals surface area contributed by atoms with E-state index in [1.807, 2.05) is 7.05 Å². The van der Waals surface area contributed by atoms with Crippen LogP contribution < -0.4 is 10.6 Å². The zero-order valence-electron chi connectivity index (χ0n) is 14.2. The lowest BCUT2D eigenvalue weighted by atomic mass is 10.1. The zero-order valence-corrected chi connectivity index (χ0v) is 16.6. The fraction of sp³-hybridized carbons (Fsp3) is 0.611. The summed E-state index contributed by atoms with van der Waals surface area (Å²) < 4.78 is 11.1. The fourth-order valence-corrected chi connectivity index (χ4v) is 2.97. The van der Waals surface area contributed by atoms with Gasteiger partial charge in [-0.15, -0.1) is 24.0 Å². The van der Waals surface area contributed by atoms with Gasteiger partial charge in [-0.1, -0.05) is 30.3 Å². The number of guanidine groups is 1. The van der Waals surface area contributed by atoms with Gasteiger partial charge < -0.3 is 20.1 Å². The summed E-state index contributed by atoms with van der Waals surface area (Å²) in [4.78, 5) is 4.31. The van der Waals surface area contributed by atoms with Crippen LogP contribution in [0.15, 0.2) is 35.3 Å². The minimum Gasteiger partial charge on any atom is -0.379 e. The van der Waals surface area contributed by atoms with E-state index in [0.29, 0.717) is 18.1 Å². The number of nitrogens with one attached hydrogen (secondary N) is 2. The van der Waals surface area contributed by atoms with E-state index in [0.717, 1.165) is 45.2 Å². The molecule has 24 heavy (non-hydrogen) atoms. The molecule has 2 N–H and O–H groups in total. The quantitative estimate of drug-likeness (QED) is 0.293. The molecule has 3 atom stereocenters. The number of nitrogens with zero attached hydrogens (tertiary/aromatic N) is 1. The SMILES string of the molecule is CN=C(NCCCOC1CCOC1)NC1CC1c1ccccc1.I. The number of hydrogen-bond donors (Lipinski definition) is 2. The van der Waals surface area contributed by atoms with Crippen LogP contribution in [0.4, 0.5) is 0 Å². The molecule has 1 heterocycles. The normalized spacial score (nSPS) is 25.9. The van der Waals surface area contributed by atoms with E-state index >= 15 is 0 Å². The van der Waals surface area contributed by atoms with Crippen molar-refractivity contribution in [3.8, 4) is 0 Å². The summed E-state index contributed by atoms with van der Waals surface area (Å²) in [5, 5.41) is 6.87. The van der Waals surface area contributed by atoms with Gasteiger partial charge in [-0.2, -0.15) is 0 Å². The first kappa shape index (κ1) is 19.5. The third kappa shape index (κ3) is 5.89. The molecule has 5 nitrogen and oxygen atoms in total. The van der Waals surface area contributed by atoms with Crippen molar-refractivity contribution in [2.75, 3.05) is 33.4 Å². The summed E-state index contributed by atoms with van der Waals surface area (Å²) >= 11 is 0. The maximum Gasteiger partial charge on any atom is 0.191 e. The van der Waals surface area contributed by atoms with Gasteiger partial charge in [0.05, 0.1) is 12.7 Å². The highest BCUT2D eigenvalue weighted by atomic mass is 127. The average Bonchev–Trinajstić information content (AvgIpc) is 3.16. The Kier molecular flexibility index (Phi) is 8.28. The molecule has 0 amide bonds. The minimum absolute atomic E-state index is 0. The number of halogens is 1. The van der Waals surface area contributed by atoms with Gasteiger partial charge in [0.25, 0.3) is 0 Å². The summed E-state index contributed by atoms with van der Waals surface area (Å²) in [6, 6.07) is 11.2. The van der Waals surface area contributed by atoms with Gasteiger partial charge in [0.2, 0.25) is 0 Å². The van der Waals surface area contributed by atoms with Crippen molar-refractivity contribution in [2.24, 2.45) is 4.99 Å². The molecule has 0 radical (unpaired) electrons. The van der Waals surface area contributed by atoms with Gasteiger partial charge in [0.15, 0.2) is 5.96 Å². The summed E-state index contributed by atoms with van der Waals surface area (Å²) in [6.07, 6.45) is 3.48. The van der Waals surface area contributed by atoms with Crippen LogP contribution in [0, 0.1) is 0 Å². The van der Waals surface area contributed by atoms with E-state index in [2.05, 4.69) is 46.0 Å². The first-order valence-electron chi connectivity index (χ1n) is 8.58. The highest BCUT2D eigenvalue weighted by molar-refractivity contribution is 14.0. The van der Waals surface area contributed by atoms with Crippen LogP contribution in [0.2, 0.25) is 0 Å². The number of hydrogen-bond acceptors (Lipinski definition) is 3. The van der Waals surface area contributed by atoms with Crippen LogP contribution in [0.1, 0.15) is 30.7 Å². The van der Waals surface area contributed by atoms with Gasteiger partial charge >= 0.3 is 0 Å². The van der Waals surface area contributed by atoms with Crippen molar-refractivity contribution in [2.45, 2.75) is 37.3 Å². The first-order valence-corrected chi connectivity index (χ1v) is 8.58. The highest BCUT2D eigenvalue weighted by Gasteiger charge is 2.38. The minimum atomic E-state index is 0. The molecule has 1 saturated carbocycles. The molecule has 3 rings (SSSR count). The lowest BCUT2D eigenvalue weighted by Crippen LogP contribution is -2.39. The molecule has 1 aromatic rings. The van der Waals surface area contributed by atoms with Gasteiger partial charge in [0, 0.05) is 38.8 Å². The average molecular weight is 445 g/mol. The van der Waals surface area contributed by atoms with Crippen LogP contribution in [-0.4, -0.2) is 51.5 Å². The van der Waals surface area contributed by atoms with Crippen molar-refractivity contribution in [1.29, 1.82) is 0 Å². The Balaban J connectivity index is 0.00000208. The van der Waals surface area contributed by atoms with E-state index in [1.54, 1.807) is 0 Å². The molecule has 1 saturated heterocycles. The standard InChI is InChI=1S/C18H27N3O2.HI/c1-19-18(20-9-5-10-23-15-8-11-22-13-15)21-17-12-16(17)14-6-3-2-4-7-14;/h2-4,6-7,15-17H,5,8-13H2,1H3,(H2,19,20,21);1H. The molecule has 6 heteroatoms. The van der Waals surface area contributed by atoms with Crippen molar-refractivity contribution >= 4 is 29.9 Å². The van der Waals surface area contributed by atoms with Gasteiger partial charge in [-0.25, -0.2) is 0 Å². The van der Waals surface area contributed by atoms with Crippen LogP contribution in [0.25, 0.3) is 0 Å². The van der Waals surface area contributed by atoms with Crippen molar-refractivity contribution < 1.29 is 9.47 Å². The second-order valence-electron chi connectivity index (χ2n) is 6.21. The molecule has 1 aliphatic heterocycles. The predicted molar refractivity (Wildman–Crippen MR) is 107 cm³/mol. The van der Waals surface area contributed by atoms with Crippen molar-refractivity contribution in [3.63, 3.8) is 0 Å². The molecule has 3 unspecified atom stereocenters. The topological polar surface area (TPSA) is 54.9 Å². The summed E-state index contributed by atoms with van der Waals surface area (Å²) in [5.41, 5.74) is 1.41. The third-order valence-electron chi connectivity index (χ3n) is 4.42.